The van der Waals surface area contributed by atoms with Crippen molar-refractivity contribution >= 4 is 23.3 Å². The molecule has 1 aromatic carbocycles. The average Bonchev–Trinajstić information content (AvgIpc) is 3.23. The van der Waals surface area contributed by atoms with Crippen LogP contribution in [-0.2, 0) is 4.79 Å². The molecule has 2 bridgehead atoms. The van der Waals surface area contributed by atoms with Crippen molar-refractivity contribution in [2.75, 3.05) is 0 Å². The Hall–Kier alpha value is -3.32. The van der Waals surface area contributed by atoms with E-state index >= 15 is 0 Å². The van der Waals surface area contributed by atoms with Gasteiger partial charge >= 0.3 is 0 Å². The number of carbonyl (C=O) groups is 4. The number of hydrogen-bond donors (Lipinski definition) is 3. The summed E-state index contributed by atoms with van der Waals surface area (Å²) in [6.07, 6.45) is 6.07. The fourth-order valence-corrected chi connectivity index (χ4v) is 8.32. The van der Waals surface area contributed by atoms with Crippen LogP contribution in [0.5, 0.6) is 5.75 Å². The standard InChI is InChI=1S/C33H39NO6/c1-14(2)9-22-25-20(8)33(40)19(7)12-16(4)10-15(3)11-17(5)26(35)24-23-21(13-18(6)27(24)36)30(38)32(25,34-31(22)39)29(33)28(23)37/h10-14,16,20,22,25,29,36,40H,9H2,1-8H3,(H,34,39)/b15-10-,17-11+,19-12+/t16-,20-,22-,25-,29+,32-,33+/m1/s1. The fourth-order valence-electron chi connectivity index (χ4n) is 8.32. The van der Waals surface area contributed by atoms with Crippen LogP contribution in [-0.4, -0.2) is 44.6 Å². The van der Waals surface area contributed by atoms with Gasteiger partial charge in [0.15, 0.2) is 17.3 Å². The van der Waals surface area contributed by atoms with E-state index in [0.29, 0.717) is 17.6 Å². The Bertz CT molecular complexity index is 1480. The summed E-state index contributed by atoms with van der Waals surface area (Å²) in [5.41, 5.74) is -1.86. The van der Waals surface area contributed by atoms with E-state index in [-0.39, 0.29) is 45.7 Å². The fraction of sp³-hybridized carbons (Fsp3) is 0.515. The lowest BCUT2D eigenvalue weighted by atomic mass is 9.62. The number of carbonyl (C=O) groups excluding carboxylic acids is 4. The van der Waals surface area contributed by atoms with E-state index in [4.69, 9.17) is 0 Å². The molecular weight excluding hydrogens is 506 g/mol. The Labute approximate surface area is 235 Å². The minimum atomic E-state index is -1.77. The lowest BCUT2D eigenvalue weighted by Crippen LogP contribution is -2.64. The third-order valence-corrected chi connectivity index (χ3v) is 9.80. The molecule has 0 radical (unpaired) electrons. The first kappa shape index (κ1) is 28.2. The van der Waals surface area contributed by atoms with Crippen LogP contribution in [0.25, 0.3) is 0 Å². The van der Waals surface area contributed by atoms with E-state index in [1.165, 1.54) is 6.07 Å². The summed E-state index contributed by atoms with van der Waals surface area (Å²) in [5.74, 6) is -5.49. The molecule has 4 aliphatic rings. The van der Waals surface area contributed by atoms with Crippen LogP contribution in [0.4, 0.5) is 0 Å². The zero-order valence-electron chi connectivity index (χ0n) is 24.5. The topological polar surface area (TPSA) is 121 Å². The number of benzene rings is 1. The second-order valence-electron chi connectivity index (χ2n) is 13.0. The molecule has 3 aliphatic carbocycles. The molecule has 1 amide bonds. The Kier molecular flexibility index (Phi) is 6.42. The van der Waals surface area contributed by atoms with Gasteiger partial charge in [0.05, 0.1) is 11.5 Å². The van der Waals surface area contributed by atoms with Gasteiger partial charge in [0.2, 0.25) is 5.91 Å². The molecule has 7 heteroatoms. The van der Waals surface area contributed by atoms with Gasteiger partial charge in [-0.1, -0.05) is 51.5 Å². The maximum Gasteiger partial charge on any atom is 0.224 e. The normalized spacial score (nSPS) is 39.2. The van der Waals surface area contributed by atoms with Gasteiger partial charge < -0.3 is 15.5 Å². The molecule has 2 fully saturated rings. The number of hydrogen-bond acceptors (Lipinski definition) is 6. The third kappa shape index (κ3) is 3.52. The number of ketones is 3. The number of aryl methyl sites for hydroxylation is 1. The monoisotopic (exact) mass is 545 g/mol. The van der Waals surface area contributed by atoms with E-state index in [9.17, 15) is 29.4 Å². The van der Waals surface area contributed by atoms with Gasteiger partial charge in [0.1, 0.15) is 16.9 Å². The van der Waals surface area contributed by atoms with Crippen molar-refractivity contribution in [2.24, 2.45) is 35.5 Å². The number of rotatable bonds is 2. The second-order valence-corrected chi connectivity index (χ2v) is 13.0. The largest absolute Gasteiger partial charge is 0.507 e. The van der Waals surface area contributed by atoms with Gasteiger partial charge in [-0.3, -0.25) is 19.2 Å². The van der Waals surface area contributed by atoms with E-state index < -0.39 is 52.2 Å². The number of phenols is 1. The van der Waals surface area contributed by atoms with E-state index in [1.54, 1.807) is 26.8 Å². The highest BCUT2D eigenvalue weighted by Crippen LogP contribution is 2.63. The molecule has 1 saturated carbocycles. The minimum absolute atomic E-state index is 0.0109. The highest BCUT2D eigenvalue weighted by molar-refractivity contribution is 6.28. The van der Waals surface area contributed by atoms with Crippen molar-refractivity contribution in [1.29, 1.82) is 0 Å². The summed E-state index contributed by atoms with van der Waals surface area (Å²) in [4.78, 5) is 56.9. The van der Waals surface area contributed by atoms with Crippen LogP contribution in [0.3, 0.4) is 0 Å². The second kappa shape index (κ2) is 9.10. The van der Waals surface area contributed by atoms with Crippen LogP contribution in [0.1, 0.15) is 91.5 Å². The molecule has 1 spiro atoms. The SMILES string of the molecule is CC1=C/[C@@H](C)/C=C(\C)[C@]2(O)[C@H](C)[C@@H]3[C@@H](CC(C)C)C(=O)N[C@]34C(=O)c3cc(C)c(O)c(c3C(=O)[C@@H]42)C(=O)\C(C)=C\1. The van der Waals surface area contributed by atoms with Crippen LogP contribution in [0.15, 0.2) is 41.0 Å². The lowest BCUT2D eigenvalue weighted by molar-refractivity contribution is -0.125. The number of amides is 1. The van der Waals surface area contributed by atoms with Crippen LogP contribution >= 0.6 is 0 Å². The van der Waals surface area contributed by atoms with Crippen LogP contribution in [0.2, 0.25) is 0 Å². The molecule has 1 saturated heterocycles. The highest BCUT2D eigenvalue weighted by atomic mass is 16.3. The Balaban J connectivity index is 1.93. The minimum Gasteiger partial charge on any atom is -0.507 e. The van der Waals surface area contributed by atoms with E-state index in [1.807, 2.05) is 46.8 Å². The van der Waals surface area contributed by atoms with Crippen LogP contribution < -0.4 is 5.32 Å². The molecule has 5 rings (SSSR count). The van der Waals surface area contributed by atoms with Gasteiger partial charge in [-0.05, 0) is 74.6 Å². The van der Waals surface area contributed by atoms with Crippen molar-refractivity contribution < 1.29 is 29.4 Å². The molecule has 1 heterocycles. The molecule has 40 heavy (non-hydrogen) atoms. The van der Waals surface area contributed by atoms with Gasteiger partial charge in [0.25, 0.3) is 0 Å². The smallest absolute Gasteiger partial charge is 0.224 e. The van der Waals surface area contributed by atoms with E-state index in [0.717, 1.165) is 5.57 Å². The molecule has 3 N–H and O–H groups in total. The first-order valence-corrected chi connectivity index (χ1v) is 14.2. The third-order valence-electron chi connectivity index (χ3n) is 9.80. The van der Waals surface area contributed by atoms with Crippen molar-refractivity contribution in [2.45, 2.75) is 73.0 Å². The van der Waals surface area contributed by atoms with Crippen molar-refractivity contribution in [3.05, 3.63) is 63.3 Å². The highest BCUT2D eigenvalue weighted by Gasteiger charge is 2.78. The number of aromatic hydroxyl groups is 1. The Morgan fingerprint density at radius 1 is 1.00 bits per heavy atom. The molecule has 7 atom stereocenters. The van der Waals surface area contributed by atoms with Crippen molar-refractivity contribution in [3.8, 4) is 5.75 Å². The summed E-state index contributed by atoms with van der Waals surface area (Å²) in [6.45, 7) is 14.6. The first-order valence-electron chi connectivity index (χ1n) is 14.2. The molecule has 212 valence electrons. The summed E-state index contributed by atoms with van der Waals surface area (Å²) < 4.78 is 0. The zero-order chi connectivity index (χ0) is 29.6. The first-order chi connectivity index (χ1) is 18.6. The molecule has 7 nitrogen and oxygen atoms in total. The number of allylic oxidation sites excluding steroid dienone is 5. The molecule has 0 aromatic heterocycles. The van der Waals surface area contributed by atoms with Crippen molar-refractivity contribution in [1.82, 2.24) is 5.32 Å². The molecule has 0 unspecified atom stereocenters. The summed E-state index contributed by atoms with van der Waals surface area (Å²) in [6, 6.07) is 1.45. The quantitative estimate of drug-likeness (QED) is 0.455. The predicted molar refractivity (Wildman–Crippen MR) is 151 cm³/mol. The zero-order valence-corrected chi connectivity index (χ0v) is 24.5. The van der Waals surface area contributed by atoms with Gasteiger partial charge in [-0.2, -0.15) is 0 Å². The number of nitrogens with one attached hydrogen (secondary N) is 1. The Morgan fingerprint density at radius 2 is 1.65 bits per heavy atom. The molecule has 1 aliphatic heterocycles. The van der Waals surface area contributed by atoms with Crippen LogP contribution in [0, 0.1) is 42.4 Å². The van der Waals surface area contributed by atoms with E-state index in [2.05, 4.69) is 5.32 Å². The predicted octanol–water partition coefficient (Wildman–Crippen LogP) is 4.90. The maximum absolute atomic E-state index is 14.8. The lowest BCUT2D eigenvalue weighted by Gasteiger charge is -2.43. The number of Topliss-reactive ketones (excluding diaryl/α,β-unsaturated/α-hetero) is 3. The van der Waals surface area contributed by atoms with Crippen molar-refractivity contribution in [3.63, 3.8) is 0 Å². The summed E-state index contributed by atoms with van der Waals surface area (Å²) in [5, 5.41) is 26.8. The maximum atomic E-state index is 14.8. The summed E-state index contributed by atoms with van der Waals surface area (Å²) in [7, 11) is 0. The molecular formula is C33H39NO6. The Morgan fingerprint density at radius 3 is 2.27 bits per heavy atom. The van der Waals surface area contributed by atoms with Gasteiger partial charge in [-0.15, -0.1) is 0 Å². The summed E-state index contributed by atoms with van der Waals surface area (Å²) >= 11 is 0. The average molecular weight is 546 g/mol. The molecule has 1 aromatic rings. The number of phenolic OH excluding ortho intramolecular Hbond substituents is 1. The van der Waals surface area contributed by atoms with Gasteiger partial charge in [0, 0.05) is 23.0 Å². The number of aliphatic hydroxyl groups is 1. The van der Waals surface area contributed by atoms with Gasteiger partial charge in [-0.25, -0.2) is 0 Å².